The van der Waals surface area contributed by atoms with Crippen molar-refractivity contribution >= 4 is 27.8 Å². The van der Waals surface area contributed by atoms with Gasteiger partial charge in [0.05, 0.1) is 28.8 Å². The van der Waals surface area contributed by atoms with E-state index in [1.165, 1.54) is 0 Å². The van der Waals surface area contributed by atoms with Gasteiger partial charge in [-0.1, -0.05) is 30.3 Å². The highest BCUT2D eigenvalue weighted by molar-refractivity contribution is 5.83. The number of hydrogen-bond acceptors (Lipinski definition) is 3. The Labute approximate surface area is 155 Å². The Morgan fingerprint density at radius 1 is 1.11 bits per heavy atom. The molecule has 0 aliphatic heterocycles. The first kappa shape index (κ1) is 17.1. The van der Waals surface area contributed by atoms with Crippen LogP contribution in [0.2, 0.25) is 0 Å². The summed E-state index contributed by atoms with van der Waals surface area (Å²) >= 11 is 0. The van der Waals surface area contributed by atoms with E-state index < -0.39 is 0 Å². The highest BCUT2D eigenvalue weighted by Crippen LogP contribution is 2.18. The SMILES string of the molecule is CCn1nc(CNC(=O)CCn2c(=O)[nH]c3ccccc32)c2ccccc21. The van der Waals surface area contributed by atoms with E-state index in [9.17, 15) is 9.59 Å². The molecule has 2 N–H and O–H groups in total. The number of benzene rings is 2. The van der Waals surface area contributed by atoms with E-state index in [1.807, 2.05) is 60.1 Å². The maximum atomic E-state index is 12.3. The van der Waals surface area contributed by atoms with Crippen molar-refractivity contribution in [1.82, 2.24) is 24.6 Å². The molecule has 4 rings (SSSR count). The van der Waals surface area contributed by atoms with Crippen LogP contribution in [0.5, 0.6) is 0 Å². The second-order valence-corrected chi connectivity index (χ2v) is 6.41. The van der Waals surface area contributed by atoms with E-state index in [2.05, 4.69) is 15.4 Å². The van der Waals surface area contributed by atoms with Crippen LogP contribution in [0.15, 0.2) is 53.3 Å². The van der Waals surface area contributed by atoms with Gasteiger partial charge >= 0.3 is 5.69 Å². The van der Waals surface area contributed by atoms with Crippen LogP contribution < -0.4 is 11.0 Å². The summed E-state index contributed by atoms with van der Waals surface area (Å²) in [6, 6.07) is 15.5. The number of carbonyl (C=O) groups is 1. The quantitative estimate of drug-likeness (QED) is 0.552. The van der Waals surface area contributed by atoms with Crippen LogP contribution in [0.4, 0.5) is 0 Å². The standard InChI is InChI=1S/C20H21N5O2/c1-2-25-17-9-5-3-7-14(17)16(23-25)13-21-19(26)11-12-24-18-10-6-4-8-15(18)22-20(24)27/h3-10H,2,11-13H2,1H3,(H,21,26)(H,22,27). The Morgan fingerprint density at radius 3 is 2.67 bits per heavy atom. The predicted molar refractivity (Wildman–Crippen MR) is 104 cm³/mol. The number of aryl methyl sites for hydroxylation is 2. The summed E-state index contributed by atoms with van der Waals surface area (Å²) in [7, 11) is 0. The van der Waals surface area contributed by atoms with Gasteiger partial charge in [0.1, 0.15) is 0 Å². The van der Waals surface area contributed by atoms with Crippen LogP contribution in [0.25, 0.3) is 21.9 Å². The van der Waals surface area contributed by atoms with Crippen molar-refractivity contribution in [2.75, 3.05) is 0 Å². The average Bonchev–Trinajstić information content (AvgIpc) is 3.21. The number of H-pyrrole nitrogens is 1. The molecule has 2 aromatic heterocycles. The van der Waals surface area contributed by atoms with Crippen LogP contribution in [0.1, 0.15) is 19.0 Å². The molecule has 0 saturated carbocycles. The number of amides is 1. The van der Waals surface area contributed by atoms with E-state index in [4.69, 9.17) is 0 Å². The lowest BCUT2D eigenvalue weighted by molar-refractivity contribution is -0.121. The number of aromatic amines is 1. The molecule has 0 radical (unpaired) electrons. The molecular weight excluding hydrogens is 342 g/mol. The maximum Gasteiger partial charge on any atom is 0.326 e. The molecule has 0 aliphatic rings. The van der Waals surface area contributed by atoms with Gasteiger partial charge in [0.25, 0.3) is 0 Å². The fourth-order valence-electron chi connectivity index (χ4n) is 3.38. The minimum atomic E-state index is -0.198. The predicted octanol–water partition coefficient (Wildman–Crippen LogP) is 2.41. The fraction of sp³-hybridized carbons (Fsp3) is 0.250. The highest BCUT2D eigenvalue weighted by atomic mass is 16.2. The van der Waals surface area contributed by atoms with Gasteiger partial charge in [0.15, 0.2) is 0 Å². The number of para-hydroxylation sites is 3. The maximum absolute atomic E-state index is 12.3. The van der Waals surface area contributed by atoms with Crippen LogP contribution >= 0.6 is 0 Å². The number of nitrogens with zero attached hydrogens (tertiary/aromatic N) is 3. The normalized spacial score (nSPS) is 11.3. The van der Waals surface area contributed by atoms with Crippen molar-refractivity contribution in [2.45, 2.75) is 33.0 Å². The second-order valence-electron chi connectivity index (χ2n) is 6.41. The molecule has 2 aromatic carbocycles. The van der Waals surface area contributed by atoms with Crippen molar-refractivity contribution in [2.24, 2.45) is 0 Å². The summed E-state index contributed by atoms with van der Waals surface area (Å²) in [6.45, 7) is 3.52. The Balaban J connectivity index is 1.43. The summed E-state index contributed by atoms with van der Waals surface area (Å²) in [5.74, 6) is -0.109. The van der Waals surface area contributed by atoms with E-state index in [-0.39, 0.29) is 18.0 Å². The third kappa shape index (κ3) is 3.23. The molecule has 0 unspecified atom stereocenters. The van der Waals surface area contributed by atoms with Gasteiger partial charge in [0.2, 0.25) is 5.91 Å². The number of rotatable bonds is 6. The molecule has 138 valence electrons. The average molecular weight is 363 g/mol. The molecule has 0 bridgehead atoms. The van der Waals surface area contributed by atoms with Crippen LogP contribution in [-0.4, -0.2) is 25.2 Å². The summed E-state index contributed by atoms with van der Waals surface area (Å²) in [5.41, 5.74) is 3.30. The molecule has 2 heterocycles. The number of carbonyl (C=O) groups excluding carboxylic acids is 1. The molecule has 27 heavy (non-hydrogen) atoms. The third-order valence-electron chi connectivity index (χ3n) is 4.73. The van der Waals surface area contributed by atoms with Crippen molar-refractivity contribution in [3.05, 3.63) is 64.7 Å². The molecule has 0 saturated heterocycles. The van der Waals surface area contributed by atoms with Crippen LogP contribution in [0, 0.1) is 0 Å². The molecule has 0 fully saturated rings. The van der Waals surface area contributed by atoms with E-state index in [0.29, 0.717) is 13.1 Å². The monoisotopic (exact) mass is 363 g/mol. The minimum absolute atomic E-state index is 0.109. The van der Waals surface area contributed by atoms with Gasteiger partial charge in [-0.3, -0.25) is 14.0 Å². The second kappa shape index (κ2) is 7.11. The Hall–Kier alpha value is -3.35. The number of fused-ring (bicyclic) bond motifs is 2. The lowest BCUT2D eigenvalue weighted by Crippen LogP contribution is -2.26. The Morgan fingerprint density at radius 2 is 1.85 bits per heavy atom. The lowest BCUT2D eigenvalue weighted by Gasteiger charge is -2.05. The Kier molecular flexibility index (Phi) is 4.50. The number of nitrogens with one attached hydrogen (secondary N) is 2. The van der Waals surface area contributed by atoms with E-state index in [1.54, 1.807) is 4.57 Å². The third-order valence-corrected chi connectivity index (χ3v) is 4.73. The van der Waals surface area contributed by atoms with Gasteiger partial charge in [0, 0.05) is 24.9 Å². The largest absolute Gasteiger partial charge is 0.350 e. The van der Waals surface area contributed by atoms with Crippen LogP contribution in [-0.2, 0) is 24.4 Å². The molecule has 1 amide bonds. The van der Waals surface area contributed by atoms with Gasteiger partial charge in [-0.15, -0.1) is 0 Å². The summed E-state index contributed by atoms with van der Waals surface area (Å²) in [4.78, 5) is 27.2. The first-order valence-corrected chi connectivity index (χ1v) is 9.06. The van der Waals surface area contributed by atoms with Crippen molar-refractivity contribution in [3.63, 3.8) is 0 Å². The summed E-state index contributed by atoms with van der Waals surface area (Å²) < 4.78 is 3.53. The van der Waals surface area contributed by atoms with Gasteiger partial charge in [-0.25, -0.2) is 4.79 Å². The zero-order valence-corrected chi connectivity index (χ0v) is 15.1. The zero-order chi connectivity index (χ0) is 18.8. The van der Waals surface area contributed by atoms with Gasteiger partial charge in [-0.2, -0.15) is 5.10 Å². The first-order valence-electron chi connectivity index (χ1n) is 9.06. The van der Waals surface area contributed by atoms with Crippen LogP contribution in [0.3, 0.4) is 0 Å². The molecular formula is C20H21N5O2. The highest BCUT2D eigenvalue weighted by Gasteiger charge is 2.12. The summed E-state index contributed by atoms with van der Waals surface area (Å²) in [6.07, 6.45) is 0.230. The van der Waals surface area contributed by atoms with Gasteiger partial charge < -0.3 is 10.3 Å². The molecule has 7 nitrogen and oxygen atoms in total. The molecule has 0 atom stereocenters. The molecule has 0 spiro atoms. The van der Waals surface area contributed by atoms with Crippen molar-refractivity contribution in [1.29, 1.82) is 0 Å². The van der Waals surface area contributed by atoms with Crippen molar-refractivity contribution in [3.8, 4) is 0 Å². The fourth-order valence-corrected chi connectivity index (χ4v) is 3.38. The number of imidazole rings is 1. The first-order chi connectivity index (χ1) is 13.2. The molecule has 7 heteroatoms. The molecule has 0 aliphatic carbocycles. The lowest BCUT2D eigenvalue weighted by atomic mass is 10.2. The number of hydrogen-bond donors (Lipinski definition) is 2. The van der Waals surface area contributed by atoms with E-state index >= 15 is 0 Å². The topological polar surface area (TPSA) is 84.7 Å². The van der Waals surface area contributed by atoms with Gasteiger partial charge in [-0.05, 0) is 25.1 Å². The molecule has 4 aromatic rings. The number of aromatic nitrogens is 4. The Bertz CT molecular complexity index is 1170. The van der Waals surface area contributed by atoms with Crippen molar-refractivity contribution < 1.29 is 4.79 Å². The smallest absolute Gasteiger partial charge is 0.326 e. The zero-order valence-electron chi connectivity index (χ0n) is 15.1. The van der Waals surface area contributed by atoms with E-state index in [0.717, 1.165) is 34.2 Å². The summed E-state index contributed by atoms with van der Waals surface area (Å²) in [5, 5.41) is 8.55. The minimum Gasteiger partial charge on any atom is -0.350 e.